The van der Waals surface area contributed by atoms with Crippen LogP contribution >= 0.6 is 27.5 Å². The summed E-state index contributed by atoms with van der Waals surface area (Å²) in [7, 11) is 1.67. The van der Waals surface area contributed by atoms with Crippen molar-refractivity contribution < 1.29 is 9.53 Å². The van der Waals surface area contributed by atoms with Crippen LogP contribution in [0.15, 0.2) is 65.1 Å². The van der Waals surface area contributed by atoms with Crippen molar-refractivity contribution in [1.29, 1.82) is 0 Å². The summed E-state index contributed by atoms with van der Waals surface area (Å²) < 4.78 is 8.71. The standard InChI is InChI=1S/C24H16BrClN2O2/c1-30-17-6-7-20(25)15(9-17)12-28-22-5-3-2-4-18(22)19-11-21-14(10-23(19)28)8-16(13-29)24(26)27-21/h2-11,13H,12H2,1H3. The third kappa shape index (κ3) is 3.06. The summed E-state index contributed by atoms with van der Waals surface area (Å²) in [5.74, 6) is 0.814. The normalized spacial score (nSPS) is 11.4. The first kappa shape index (κ1) is 19.1. The van der Waals surface area contributed by atoms with Crippen LogP contribution in [0.2, 0.25) is 5.15 Å². The third-order valence-electron chi connectivity index (χ3n) is 5.40. The maximum absolute atomic E-state index is 11.3. The lowest BCUT2D eigenvalue weighted by Crippen LogP contribution is -2.01. The molecule has 0 aliphatic carbocycles. The molecule has 0 amide bonds. The summed E-state index contributed by atoms with van der Waals surface area (Å²) in [6.07, 6.45) is 0.738. The van der Waals surface area contributed by atoms with Gasteiger partial charge in [0.15, 0.2) is 6.29 Å². The Hall–Kier alpha value is -2.89. The van der Waals surface area contributed by atoms with E-state index >= 15 is 0 Å². The van der Waals surface area contributed by atoms with E-state index in [-0.39, 0.29) is 5.15 Å². The van der Waals surface area contributed by atoms with Gasteiger partial charge in [0.05, 0.1) is 23.7 Å². The Morgan fingerprint density at radius 1 is 1.07 bits per heavy atom. The molecule has 30 heavy (non-hydrogen) atoms. The van der Waals surface area contributed by atoms with Crippen LogP contribution in [0.1, 0.15) is 15.9 Å². The monoisotopic (exact) mass is 478 g/mol. The number of aldehydes is 1. The van der Waals surface area contributed by atoms with Crippen molar-refractivity contribution in [3.8, 4) is 5.75 Å². The summed E-state index contributed by atoms with van der Waals surface area (Å²) in [6.45, 7) is 0.662. The quantitative estimate of drug-likeness (QED) is 0.215. The number of pyridine rings is 1. The fourth-order valence-electron chi connectivity index (χ4n) is 3.93. The largest absolute Gasteiger partial charge is 0.497 e. The van der Waals surface area contributed by atoms with E-state index in [1.54, 1.807) is 13.2 Å². The van der Waals surface area contributed by atoms with Crippen molar-refractivity contribution in [3.05, 3.63) is 81.4 Å². The van der Waals surface area contributed by atoms with Gasteiger partial charge in [0.2, 0.25) is 0 Å². The molecule has 0 aliphatic heterocycles. The van der Waals surface area contributed by atoms with Gasteiger partial charge in [-0.3, -0.25) is 4.79 Å². The van der Waals surface area contributed by atoms with Gasteiger partial charge in [-0.15, -0.1) is 0 Å². The van der Waals surface area contributed by atoms with Crippen LogP contribution in [0.25, 0.3) is 32.7 Å². The SMILES string of the molecule is COc1ccc(Br)c(Cn2c3ccccc3c3cc4nc(Cl)c(C=O)cc4cc32)c1. The number of rotatable bonds is 4. The zero-order valence-corrected chi connectivity index (χ0v) is 18.4. The number of ether oxygens (including phenoxy) is 1. The molecule has 0 atom stereocenters. The van der Waals surface area contributed by atoms with Gasteiger partial charge in [-0.25, -0.2) is 4.98 Å². The molecule has 0 N–H and O–H groups in total. The van der Waals surface area contributed by atoms with Crippen LogP contribution in [0.4, 0.5) is 0 Å². The molecular formula is C24H16BrClN2O2. The topological polar surface area (TPSA) is 44.1 Å². The van der Waals surface area contributed by atoms with E-state index in [0.29, 0.717) is 12.1 Å². The zero-order valence-electron chi connectivity index (χ0n) is 16.0. The summed E-state index contributed by atoms with van der Waals surface area (Å²) in [5.41, 5.74) is 4.46. The van der Waals surface area contributed by atoms with E-state index in [9.17, 15) is 4.79 Å². The minimum absolute atomic E-state index is 0.223. The molecule has 0 saturated heterocycles. The fourth-order valence-corrected chi connectivity index (χ4v) is 4.49. The number of carbonyl (C=O) groups excluding carboxylic acids is 1. The van der Waals surface area contributed by atoms with Gasteiger partial charge in [0.25, 0.3) is 0 Å². The third-order valence-corrected chi connectivity index (χ3v) is 6.47. The van der Waals surface area contributed by atoms with Crippen molar-refractivity contribution in [2.24, 2.45) is 0 Å². The van der Waals surface area contributed by atoms with E-state index < -0.39 is 0 Å². The first-order valence-electron chi connectivity index (χ1n) is 9.38. The smallest absolute Gasteiger partial charge is 0.153 e. The van der Waals surface area contributed by atoms with Gasteiger partial charge in [-0.2, -0.15) is 0 Å². The molecule has 0 radical (unpaired) electrons. The molecule has 0 aliphatic rings. The Bertz CT molecular complexity index is 1460. The summed E-state index contributed by atoms with van der Waals surface area (Å²) >= 11 is 9.83. The first-order chi connectivity index (χ1) is 14.6. The second-order valence-electron chi connectivity index (χ2n) is 7.11. The Kier molecular flexibility index (Phi) is 4.72. The van der Waals surface area contributed by atoms with E-state index in [1.807, 2.05) is 36.4 Å². The molecule has 0 spiro atoms. The number of methoxy groups -OCH3 is 1. The number of para-hydroxylation sites is 1. The summed E-state index contributed by atoms with van der Waals surface area (Å²) in [5, 5.41) is 3.34. The average molecular weight is 480 g/mol. The van der Waals surface area contributed by atoms with Gasteiger partial charge in [-0.1, -0.05) is 45.7 Å². The van der Waals surface area contributed by atoms with E-state index in [0.717, 1.165) is 54.8 Å². The molecule has 2 heterocycles. The van der Waals surface area contributed by atoms with Crippen molar-refractivity contribution >= 4 is 66.5 Å². The van der Waals surface area contributed by atoms with Crippen molar-refractivity contribution in [2.45, 2.75) is 6.54 Å². The summed E-state index contributed by atoms with van der Waals surface area (Å²) in [4.78, 5) is 15.8. The van der Waals surface area contributed by atoms with Crippen molar-refractivity contribution in [3.63, 3.8) is 0 Å². The predicted molar refractivity (Wildman–Crippen MR) is 125 cm³/mol. The average Bonchev–Trinajstić information content (AvgIpc) is 3.06. The number of hydrogen-bond donors (Lipinski definition) is 0. The molecule has 6 heteroatoms. The van der Waals surface area contributed by atoms with Crippen molar-refractivity contribution in [2.75, 3.05) is 7.11 Å². The van der Waals surface area contributed by atoms with Gasteiger partial charge in [0, 0.05) is 32.7 Å². The number of hydrogen-bond acceptors (Lipinski definition) is 3. The van der Waals surface area contributed by atoms with E-state index in [2.05, 4.69) is 43.7 Å². The second-order valence-corrected chi connectivity index (χ2v) is 8.32. The van der Waals surface area contributed by atoms with Crippen LogP contribution in [0.5, 0.6) is 5.75 Å². The number of nitrogens with zero attached hydrogens (tertiary/aromatic N) is 2. The Balaban J connectivity index is 1.81. The molecule has 0 bridgehead atoms. The minimum atomic E-state index is 0.223. The molecule has 0 fully saturated rings. The number of aromatic nitrogens is 2. The minimum Gasteiger partial charge on any atom is -0.497 e. The molecule has 2 aromatic heterocycles. The van der Waals surface area contributed by atoms with Crippen LogP contribution in [-0.4, -0.2) is 22.9 Å². The highest BCUT2D eigenvalue weighted by Gasteiger charge is 2.15. The molecule has 5 rings (SSSR count). The van der Waals surface area contributed by atoms with Crippen LogP contribution in [0.3, 0.4) is 0 Å². The Morgan fingerprint density at radius 2 is 1.90 bits per heavy atom. The number of benzene rings is 3. The molecule has 148 valence electrons. The molecule has 0 unspecified atom stereocenters. The number of fused-ring (bicyclic) bond motifs is 4. The van der Waals surface area contributed by atoms with Crippen LogP contribution < -0.4 is 4.74 Å². The van der Waals surface area contributed by atoms with Crippen molar-refractivity contribution in [1.82, 2.24) is 9.55 Å². The van der Waals surface area contributed by atoms with Gasteiger partial charge in [0.1, 0.15) is 10.9 Å². The Labute approximate surface area is 186 Å². The second kappa shape index (κ2) is 7.42. The van der Waals surface area contributed by atoms with Gasteiger partial charge in [-0.05, 0) is 48.0 Å². The molecule has 3 aromatic carbocycles. The van der Waals surface area contributed by atoms with Crippen LogP contribution in [0, 0.1) is 0 Å². The highest BCUT2D eigenvalue weighted by Crippen LogP contribution is 2.34. The van der Waals surface area contributed by atoms with Gasteiger partial charge >= 0.3 is 0 Å². The lowest BCUT2D eigenvalue weighted by atomic mass is 10.1. The zero-order chi connectivity index (χ0) is 20.8. The van der Waals surface area contributed by atoms with E-state index in [1.165, 1.54) is 0 Å². The number of carbonyl (C=O) groups is 1. The van der Waals surface area contributed by atoms with E-state index in [4.69, 9.17) is 16.3 Å². The molecule has 5 aromatic rings. The highest BCUT2D eigenvalue weighted by atomic mass is 79.9. The maximum Gasteiger partial charge on any atom is 0.153 e. The lowest BCUT2D eigenvalue weighted by molar-refractivity contribution is 0.112. The Morgan fingerprint density at radius 3 is 2.70 bits per heavy atom. The lowest BCUT2D eigenvalue weighted by Gasteiger charge is -2.12. The number of halogens is 2. The first-order valence-corrected chi connectivity index (χ1v) is 10.5. The van der Waals surface area contributed by atoms with Gasteiger partial charge < -0.3 is 9.30 Å². The molecular weight excluding hydrogens is 464 g/mol. The predicted octanol–water partition coefficient (Wildman–Crippen LogP) is 6.63. The van der Waals surface area contributed by atoms with Crippen LogP contribution in [-0.2, 0) is 6.54 Å². The summed E-state index contributed by atoms with van der Waals surface area (Å²) in [6, 6.07) is 20.2. The molecule has 0 saturated carbocycles. The fraction of sp³-hybridized carbons (Fsp3) is 0.0833. The highest BCUT2D eigenvalue weighted by molar-refractivity contribution is 9.10. The maximum atomic E-state index is 11.3. The molecule has 4 nitrogen and oxygen atoms in total.